The highest BCUT2D eigenvalue weighted by molar-refractivity contribution is 6.28. The Morgan fingerprint density at radius 3 is 2.95 bits per heavy atom. The van der Waals surface area contributed by atoms with Crippen molar-refractivity contribution in [2.45, 2.75) is 20.3 Å². The van der Waals surface area contributed by atoms with E-state index in [1.807, 2.05) is 0 Å². The second kappa shape index (κ2) is 5.85. The first kappa shape index (κ1) is 13.6. The van der Waals surface area contributed by atoms with Crippen molar-refractivity contribution in [2.24, 2.45) is 5.92 Å². The third-order valence-electron chi connectivity index (χ3n) is 2.64. The fourth-order valence-corrected chi connectivity index (χ4v) is 2.11. The van der Waals surface area contributed by atoms with Crippen LogP contribution in [0.2, 0.25) is 5.28 Å². The van der Waals surface area contributed by atoms with Gasteiger partial charge in [0.2, 0.25) is 5.28 Å². The Balaban J connectivity index is 2.42. The molecule has 2 heterocycles. The molecular formula is C12H15ClN6. The molecule has 2 aromatic rings. The smallest absolute Gasteiger partial charge is 0.226 e. The van der Waals surface area contributed by atoms with Gasteiger partial charge in [-0.05, 0) is 17.5 Å². The van der Waals surface area contributed by atoms with Crippen molar-refractivity contribution in [1.29, 1.82) is 5.26 Å². The van der Waals surface area contributed by atoms with Crippen LogP contribution in [0, 0.1) is 17.2 Å². The van der Waals surface area contributed by atoms with Crippen molar-refractivity contribution in [3.8, 4) is 6.07 Å². The molecule has 0 atom stereocenters. The van der Waals surface area contributed by atoms with Crippen LogP contribution in [0.4, 0.5) is 5.82 Å². The van der Waals surface area contributed by atoms with Crippen molar-refractivity contribution in [3.63, 3.8) is 0 Å². The van der Waals surface area contributed by atoms with E-state index in [2.05, 4.69) is 45.0 Å². The van der Waals surface area contributed by atoms with Gasteiger partial charge >= 0.3 is 0 Å². The summed E-state index contributed by atoms with van der Waals surface area (Å²) in [7, 11) is 0. The number of aromatic amines is 1. The zero-order chi connectivity index (χ0) is 13.8. The molecule has 1 N–H and O–H groups in total. The van der Waals surface area contributed by atoms with Gasteiger partial charge in [-0.25, -0.2) is 0 Å². The highest BCUT2D eigenvalue weighted by atomic mass is 35.5. The summed E-state index contributed by atoms with van der Waals surface area (Å²) in [5.74, 6) is 1.18. The highest BCUT2D eigenvalue weighted by Crippen LogP contribution is 2.24. The molecule has 19 heavy (non-hydrogen) atoms. The first-order valence-corrected chi connectivity index (χ1v) is 6.48. The van der Waals surface area contributed by atoms with Gasteiger partial charge in [0.25, 0.3) is 0 Å². The molecule has 0 saturated carbocycles. The van der Waals surface area contributed by atoms with E-state index >= 15 is 0 Å². The van der Waals surface area contributed by atoms with E-state index in [9.17, 15) is 0 Å². The highest BCUT2D eigenvalue weighted by Gasteiger charge is 2.16. The first-order valence-electron chi connectivity index (χ1n) is 6.10. The molecule has 0 spiro atoms. The molecule has 0 aromatic carbocycles. The number of hydrogen-bond donors (Lipinski definition) is 1. The fraction of sp³-hybridized carbons (Fsp3) is 0.500. The van der Waals surface area contributed by atoms with Crippen LogP contribution in [0.1, 0.15) is 20.3 Å². The maximum absolute atomic E-state index is 8.77. The molecule has 0 unspecified atom stereocenters. The second-order valence-corrected chi connectivity index (χ2v) is 5.03. The third-order valence-corrected chi connectivity index (χ3v) is 2.81. The number of nitrogens with zero attached hydrogens (tertiary/aromatic N) is 5. The minimum Gasteiger partial charge on any atom is -0.355 e. The SMILES string of the molecule is CC(C)CN(CCC#N)c1nc(Cl)nc2[nH]ncc12. The molecule has 0 aliphatic heterocycles. The minimum absolute atomic E-state index is 0.178. The van der Waals surface area contributed by atoms with E-state index in [-0.39, 0.29) is 5.28 Å². The lowest BCUT2D eigenvalue weighted by Gasteiger charge is -2.25. The zero-order valence-corrected chi connectivity index (χ0v) is 11.6. The van der Waals surface area contributed by atoms with Crippen LogP contribution >= 0.6 is 11.6 Å². The van der Waals surface area contributed by atoms with E-state index < -0.39 is 0 Å². The molecule has 100 valence electrons. The molecule has 2 rings (SSSR count). The summed E-state index contributed by atoms with van der Waals surface area (Å²) in [6, 6.07) is 2.16. The van der Waals surface area contributed by atoms with E-state index in [1.54, 1.807) is 6.20 Å². The van der Waals surface area contributed by atoms with Gasteiger partial charge in [-0.2, -0.15) is 20.3 Å². The summed E-state index contributed by atoms with van der Waals surface area (Å²) in [5.41, 5.74) is 0.612. The zero-order valence-electron chi connectivity index (χ0n) is 10.9. The monoisotopic (exact) mass is 278 g/mol. The normalized spacial score (nSPS) is 10.9. The molecule has 0 saturated heterocycles. The number of nitriles is 1. The molecule has 0 fully saturated rings. The lowest BCUT2D eigenvalue weighted by Crippen LogP contribution is -2.29. The van der Waals surface area contributed by atoms with E-state index in [0.717, 1.165) is 17.7 Å². The summed E-state index contributed by atoms with van der Waals surface area (Å²) in [6.45, 7) is 5.65. The summed E-state index contributed by atoms with van der Waals surface area (Å²) < 4.78 is 0. The van der Waals surface area contributed by atoms with Gasteiger partial charge in [0.05, 0.1) is 24.1 Å². The Morgan fingerprint density at radius 1 is 1.47 bits per heavy atom. The van der Waals surface area contributed by atoms with E-state index in [4.69, 9.17) is 16.9 Å². The maximum atomic E-state index is 8.77. The van der Waals surface area contributed by atoms with Crippen LogP contribution in [0.15, 0.2) is 6.20 Å². The topological polar surface area (TPSA) is 81.5 Å². The number of rotatable bonds is 5. The Kier molecular flexibility index (Phi) is 4.17. The summed E-state index contributed by atoms with van der Waals surface area (Å²) in [4.78, 5) is 10.4. The predicted octanol–water partition coefficient (Wildman–Crippen LogP) is 2.38. The van der Waals surface area contributed by atoms with Gasteiger partial charge in [0.1, 0.15) is 5.82 Å². The molecule has 0 amide bonds. The molecule has 6 nitrogen and oxygen atoms in total. The average molecular weight is 279 g/mol. The van der Waals surface area contributed by atoms with Crippen molar-refractivity contribution in [2.75, 3.05) is 18.0 Å². The van der Waals surface area contributed by atoms with Crippen molar-refractivity contribution in [1.82, 2.24) is 20.2 Å². The molecule has 0 radical (unpaired) electrons. The van der Waals surface area contributed by atoms with Gasteiger partial charge in [0, 0.05) is 13.1 Å². The molecule has 0 aliphatic rings. The largest absolute Gasteiger partial charge is 0.355 e. The van der Waals surface area contributed by atoms with Crippen LogP contribution in [0.5, 0.6) is 0 Å². The van der Waals surface area contributed by atoms with Crippen LogP contribution in [-0.2, 0) is 0 Å². The lowest BCUT2D eigenvalue weighted by molar-refractivity contribution is 0.609. The summed E-state index contributed by atoms with van der Waals surface area (Å²) >= 11 is 5.93. The second-order valence-electron chi connectivity index (χ2n) is 4.70. The first-order chi connectivity index (χ1) is 9.11. The van der Waals surface area contributed by atoms with Gasteiger partial charge in [-0.3, -0.25) is 5.10 Å². The van der Waals surface area contributed by atoms with Crippen molar-refractivity contribution < 1.29 is 0 Å². The Bertz CT molecular complexity index is 600. The number of nitrogens with one attached hydrogen (secondary N) is 1. The van der Waals surface area contributed by atoms with Crippen LogP contribution < -0.4 is 4.90 Å². The number of H-pyrrole nitrogens is 1. The number of halogens is 1. The molecule has 2 aromatic heterocycles. The van der Waals surface area contributed by atoms with E-state index in [0.29, 0.717) is 24.5 Å². The lowest BCUT2D eigenvalue weighted by atomic mass is 10.2. The van der Waals surface area contributed by atoms with Crippen LogP contribution in [-0.4, -0.2) is 33.3 Å². The van der Waals surface area contributed by atoms with Gasteiger partial charge in [-0.15, -0.1) is 0 Å². The average Bonchev–Trinajstić information content (AvgIpc) is 2.80. The number of aromatic nitrogens is 4. The predicted molar refractivity (Wildman–Crippen MR) is 74.0 cm³/mol. The summed E-state index contributed by atoms with van der Waals surface area (Å²) in [5, 5.41) is 16.5. The quantitative estimate of drug-likeness (QED) is 0.849. The van der Waals surface area contributed by atoms with E-state index in [1.165, 1.54) is 0 Å². The maximum Gasteiger partial charge on any atom is 0.226 e. The molecule has 0 bridgehead atoms. The summed E-state index contributed by atoms with van der Waals surface area (Å²) in [6.07, 6.45) is 2.12. The number of hydrogen-bond acceptors (Lipinski definition) is 5. The Labute approximate surface area is 116 Å². The minimum atomic E-state index is 0.178. The van der Waals surface area contributed by atoms with Crippen LogP contribution in [0.25, 0.3) is 11.0 Å². The Hall–Kier alpha value is -1.87. The molecule has 7 heteroatoms. The van der Waals surface area contributed by atoms with Gasteiger partial charge in [-0.1, -0.05) is 13.8 Å². The molecular weight excluding hydrogens is 264 g/mol. The number of anilines is 1. The van der Waals surface area contributed by atoms with Gasteiger partial charge < -0.3 is 4.90 Å². The van der Waals surface area contributed by atoms with Crippen molar-refractivity contribution >= 4 is 28.5 Å². The fourth-order valence-electron chi connectivity index (χ4n) is 1.94. The Morgan fingerprint density at radius 2 is 2.26 bits per heavy atom. The third kappa shape index (κ3) is 3.12. The van der Waals surface area contributed by atoms with Crippen LogP contribution in [0.3, 0.4) is 0 Å². The molecule has 0 aliphatic carbocycles. The van der Waals surface area contributed by atoms with Gasteiger partial charge in [0.15, 0.2) is 5.65 Å². The number of fused-ring (bicyclic) bond motifs is 1. The van der Waals surface area contributed by atoms with Crippen molar-refractivity contribution in [3.05, 3.63) is 11.5 Å². The standard InChI is InChI=1S/C12H15ClN6/c1-8(2)7-19(5-3-4-14)11-9-6-15-18-10(9)16-12(13)17-11/h6,8H,3,5,7H2,1-2H3,(H,15,16,17,18).